The van der Waals surface area contributed by atoms with Crippen LogP contribution < -0.4 is 0 Å². The first-order chi connectivity index (χ1) is 12.0. The summed E-state index contributed by atoms with van der Waals surface area (Å²) in [6, 6.07) is 13.6. The van der Waals surface area contributed by atoms with Crippen LogP contribution in [0.5, 0.6) is 0 Å². The molecule has 9 heteroatoms. The molecular weight excluding hydrogens is 362 g/mol. The average molecular weight is 374 g/mol. The van der Waals surface area contributed by atoms with Crippen LogP contribution in [0.3, 0.4) is 0 Å². The molecule has 0 aliphatic heterocycles. The van der Waals surface area contributed by atoms with Crippen molar-refractivity contribution in [2.45, 2.75) is 6.54 Å². The van der Waals surface area contributed by atoms with Gasteiger partial charge in [0.25, 0.3) is 5.69 Å². The molecule has 3 aromatic rings. The average Bonchev–Trinajstić information content (AvgIpc) is 2.95. The van der Waals surface area contributed by atoms with E-state index in [-0.39, 0.29) is 5.69 Å². The van der Waals surface area contributed by atoms with Gasteiger partial charge in [0.15, 0.2) is 0 Å². The molecule has 0 spiro atoms. The van der Waals surface area contributed by atoms with Gasteiger partial charge in [0.1, 0.15) is 6.33 Å². The maximum atomic E-state index is 10.8. The van der Waals surface area contributed by atoms with Crippen LogP contribution in [0.1, 0.15) is 11.1 Å². The van der Waals surface area contributed by atoms with Gasteiger partial charge in [-0.3, -0.25) is 10.1 Å². The molecule has 126 valence electrons. The molecule has 1 aromatic heterocycles. The van der Waals surface area contributed by atoms with Gasteiger partial charge in [-0.1, -0.05) is 41.9 Å². The van der Waals surface area contributed by atoms with Crippen LogP contribution in [0.15, 0.2) is 60.0 Å². The summed E-state index contributed by atoms with van der Waals surface area (Å²) < 4.78 is 3.41. The monoisotopic (exact) mass is 373 g/mol. The molecule has 25 heavy (non-hydrogen) atoms. The first kappa shape index (κ1) is 17.0. The SMILES string of the molecule is O=[N+]([O-])c1cccc(/C=N\n2cnn(Cc3ccccc3Cl)c2=S)c1. The van der Waals surface area contributed by atoms with E-state index in [9.17, 15) is 10.1 Å². The minimum Gasteiger partial charge on any atom is -0.258 e. The number of hydrogen-bond donors (Lipinski definition) is 0. The van der Waals surface area contributed by atoms with E-state index in [2.05, 4.69) is 10.2 Å². The zero-order valence-electron chi connectivity index (χ0n) is 12.8. The summed E-state index contributed by atoms with van der Waals surface area (Å²) in [6.45, 7) is 0.428. The quantitative estimate of drug-likeness (QED) is 0.294. The standard InChI is InChI=1S/C16H12ClN5O2S/c17-15-7-2-1-5-13(15)10-20-16(25)21(11-19-20)18-9-12-4-3-6-14(8-12)22(23)24/h1-9,11H,10H2/b18-9-. The van der Waals surface area contributed by atoms with E-state index in [0.29, 0.717) is 21.9 Å². The molecular formula is C16H12ClN5O2S. The molecule has 1 heterocycles. The van der Waals surface area contributed by atoms with Crippen LogP contribution in [0.2, 0.25) is 5.02 Å². The molecule has 0 atom stereocenters. The second-order valence-corrected chi connectivity index (χ2v) is 5.88. The number of benzene rings is 2. The molecule has 0 unspecified atom stereocenters. The maximum absolute atomic E-state index is 10.8. The Morgan fingerprint density at radius 1 is 1.28 bits per heavy atom. The number of non-ortho nitro benzene ring substituents is 1. The maximum Gasteiger partial charge on any atom is 0.270 e. The molecule has 0 aliphatic rings. The Morgan fingerprint density at radius 2 is 2.08 bits per heavy atom. The molecule has 0 bridgehead atoms. The Morgan fingerprint density at radius 3 is 2.84 bits per heavy atom. The predicted molar refractivity (Wildman–Crippen MR) is 97.7 cm³/mol. The Kier molecular flexibility index (Phi) is 5.01. The normalized spacial score (nSPS) is 11.1. The fourth-order valence-electron chi connectivity index (χ4n) is 2.15. The highest BCUT2D eigenvalue weighted by atomic mass is 35.5. The van der Waals surface area contributed by atoms with E-state index in [4.69, 9.17) is 23.8 Å². The van der Waals surface area contributed by atoms with E-state index in [1.54, 1.807) is 22.9 Å². The lowest BCUT2D eigenvalue weighted by atomic mass is 10.2. The van der Waals surface area contributed by atoms with E-state index in [0.717, 1.165) is 5.56 Å². The minimum atomic E-state index is -0.454. The van der Waals surface area contributed by atoms with Crippen molar-refractivity contribution in [2.75, 3.05) is 0 Å². The van der Waals surface area contributed by atoms with Crippen molar-refractivity contribution < 1.29 is 4.92 Å². The van der Waals surface area contributed by atoms with Gasteiger partial charge in [-0.2, -0.15) is 14.9 Å². The van der Waals surface area contributed by atoms with Crippen molar-refractivity contribution in [3.8, 4) is 0 Å². The number of rotatable bonds is 5. The first-order valence-corrected chi connectivity index (χ1v) is 8.00. The van der Waals surface area contributed by atoms with Gasteiger partial charge in [0.05, 0.1) is 17.7 Å². The fourth-order valence-corrected chi connectivity index (χ4v) is 2.55. The molecule has 3 rings (SSSR count). The molecule has 0 aliphatic carbocycles. The Labute approximate surface area is 152 Å². The fraction of sp³-hybridized carbons (Fsp3) is 0.0625. The summed E-state index contributed by atoms with van der Waals surface area (Å²) in [5, 5.41) is 19.9. The molecule has 2 aromatic carbocycles. The van der Waals surface area contributed by atoms with Gasteiger partial charge < -0.3 is 0 Å². The van der Waals surface area contributed by atoms with Crippen molar-refractivity contribution >= 4 is 35.7 Å². The lowest BCUT2D eigenvalue weighted by Crippen LogP contribution is -2.03. The van der Waals surface area contributed by atoms with Crippen molar-refractivity contribution in [1.82, 2.24) is 14.5 Å². The second-order valence-electron chi connectivity index (χ2n) is 5.10. The predicted octanol–water partition coefficient (Wildman–Crippen LogP) is 3.91. The van der Waals surface area contributed by atoms with E-state index in [1.807, 2.05) is 18.2 Å². The molecule has 7 nitrogen and oxygen atoms in total. The Hall–Kier alpha value is -2.84. The second kappa shape index (κ2) is 7.37. The van der Waals surface area contributed by atoms with Gasteiger partial charge in [-0.25, -0.2) is 4.68 Å². The van der Waals surface area contributed by atoms with Crippen LogP contribution in [0.4, 0.5) is 5.69 Å². The minimum absolute atomic E-state index is 0.00182. The molecule has 0 N–H and O–H groups in total. The summed E-state index contributed by atoms with van der Waals surface area (Å²) >= 11 is 11.5. The van der Waals surface area contributed by atoms with Crippen LogP contribution >= 0.6 is 23.8 Å². The van der Waals surface area contributed by atoms with Crippen LogP contribution in [-0.2, 0) is 6.54 Å². The van der Waals surface area contributed by atoms with Gasteiger partial charge in [0.2, 0.25) is 4.77 Å². The van der Waals surface area contributed by atoms with Crippen LogP contribution in [0, 0.1) is 14.9 Å². The molecule has 0 saturated heterocycles. The largest absolute Gasteiger partial charge is 0.270 e. The van der Waals surface area contributed by atoms with Crippen LogP contribution in [0.25, 0.3) is 0 Å². The van der Waals surface area contributed by atoms with Gasteiger partial charge in [-0.15, -0.1) is 0 Å². The lowest BCUT2D eigenvalue weighted by Gasteiger charge is -2.03. The molecule has 0 saturated carbocycles. The topological polar surface area (TPSA) is 78.2 Å². The highest BCUT2D eigenvalue weighted by Crippen LogP contribution is 2.16. The highest BCUT2D eigenvalue weighted by molar-refractivity contribution is 7.71. The van der Waals surface area contributed by atoms with E-state index >= 15 is 0 Å². The number of halogens is 1. The summed E-state index contributed by atoms with van der Waals surface area (Å²) in [7, 11) is 0. The lowest BCUT2D eigenvalue weighted by molar-refractivity contribution is -0.384. The Balaban J connectivity index is 1.82. The number of hydrogen-bond acceptors (Lipinski definition) is 5. The highest BCUT2D eigenvalue weighted by Gasteiger charge is 2.06. The molecule has 0 amide bonds. The number of nitro groups is 1. The number of aromatic nitrogens is 3. The molecule has 0 fully saturated rings. The van der Waals surface area contributed by atoms with Crippen LogP contribution in [-0.4, -0.2) is 25.6 Å². The Bertz CT molecular complexity index is 1010. The third-order valence-electron chi connectivity index (χ3n) is 3.41. The number of nitro benzene ring substituents is 1. The van der Waals surface area contributed by atoms with Crippen molar-refractivity contribution in [2.24, 2.45) is 5.10 Å². The van der Waals surface area contributed by atoms with Crippen molar-refractivity contribution in [3.05, 3.63) is 85.9 Å². The third kappa shape index (κ3) is 3.98. The summed E-state index contributed by atoms with van der Waals surface area (Å²) in [5.41, 5.74) is 1.49. The summed E-state index contributed by atoms with van der Waals surface area (Å²) in [5.74, 6) is 0. The number of nitrogens with zero attached hydrogens (tertiary/aromatic N) is 5. The van der Waals surface area contributed by atoms with Gasteiger partial charge in [-0.05, 0) is 23.8 Å². The zero-order chi connectivity index (χ0) is 17.8. The third-order valence-corrected chi connectivity index (χ3v) is 4.17. The smallest absolute Gasteiger partial charge is 0.258 e. The summed E-state index contributed by atoms with van der Waals surface area (Å²) in [6.07, 6.45) is 2.97. The zero-order valence-corrected chi connectivity index (χ0v) is 14.4. The first-order valence-electron chi connectivity index (χ1n) is 7.21. The molecule has 0 radical (unpaired) electrons. The van der Waals surface area contributed by atoms with Gasteiger partial charge in [0, 0.05) is 22.7 Å². The van der Waals surface area contributed by atoms with Crippen molar-refractivity contribution in [1.29, 1.82) is 0 Å². The van der Waals surface area contributed by atoms with E-state index in [1.165, 1.54) is 29.4 Å². The van der Waals surface area contributed by atoms with Gasteiger partial charge >= 0.3 is 0 Å². The summed E-state index contributed by atoms with van der Waals surface area (Å²) in [4.78, 5) is 10.3. The van der Waals surface area contributed by atoms with E-state index < -0.39 is 4.92 Å². The van der Waals surface area contributed by atoms with Crippen molar-refractivity contribution in [3.63, 3.8) is 0 Å².